The summed E-state index contributed by atoms with van der Waals surface area (Å²) in [6, 6.07) is -4.52. The molecule has 0 saturated heterocycles. The van der Waals surface area contributed by atoms with Gasteiger partial charge in [0.05, 0.1) is 6.04 Å². The highest BCUT2D eigenvalue weighted by molar-refractivity contribution is 7.98. The average molecular weight is 548 g/mol. The summed E-state index contributed by atoms with van der Waals surface area (Å²) in [5.74, 6) is -4.39. The predicted molar refractivity (Wildman–Crippen MR) is 141 cm³/mol. The fourth-order valence-electron chi connectivity index (χ4n) is 3.13. The second-order valence-electron chi connectivity index (χ2n) is 8.60. The lowest BCUT2D eigenvalue weighted by Crippen LogP contribution is -2.57. The Bertz CT molecular complexity index is 808. The van der Waals surface area contributed by atoms with Crippen LogP contribution < -0.4 is 33.2 Å². The fraction of sp³-hybridized carbons (Fsp3) is 0.727. The number of guanidine groups is 1. The molecule has 14 nitrogen and oxygen atoms in total. The Morgan fingerprint density at radius 1 is 0.892 bits per heavy atom. The lowest BCUT2D eigenvalue weighted by Gasteiger charge is -2.26. The highest BCUT2D eigenvalue weighted by Gasteiger charge is 2.31. The number of thioether (sulfide) groups is 1. The highest BCUT2D eigenvalue weighted by atomic mass is 32.2. The van der Waals surface area contributed by atoms with Gasteiger partial charge in [-0.2, -0.15) is 11.8 Å². The summed E-state index contributed by atoms with van der Waals surface area (Å²) in [6.45, 7) is 3.81. The number of aliphatic imine (C=N–C) groups is 1. The van der Waals surface area contributed by atoms with E-state index in [9.17, 15) is 29.1 Å². The summed E-state index contributed by atoms with van der Waals surface area (Å²) in [5.41, 5.74) is 16.4. The van der Waals surface area contributed by atoms with Gasteiger partial charge in [0.25, 0.3) is 0 Å². The van der Waals surface area contributed by atoms with Crippen molar-refractivity contribution >= 4 is 47.4 Å². The minimum Gasteiger partial charge on any atom is -0.481 e. The molecule has 0 heterocycles. The number of carboxylic acid groups (broad SMARTS) is 2. The number of nitrogens with one attached hydrogen (secondary N) is 3. The Balaban J connectivity index is 5.53. The molecule has 37 heavy (non-hydrogen) atoms. The lowest BCUT2D eigenvalue weighted by atomic mass is 9.98. The second kappa shape index (κ2) is 18.2. The molecule has 5 unspecified atom stereocenters. The van der Waals surface area contributed by atoms with Gasteiger partial charge in [-0.3, -0.25) is 24.2 Å². The van der Waals surface area contributed by atoms with E-state index >= 15 is 0 Å². The van der Waals surface area contributed by atoms with Crippen molar-refractivity contribution < 1.29 is 34.2 Å². The van der Waals surface area contributed by atoms with Crippen LogP contribution in [0.4, 0.5) is 0 Å². The molecule has 11 N–H and O–H groups in total. The maximum atomic E-state index is 13.0. The van der Waals surface area contributed by atoms with E-state index in [1.54, 1.807) is 13.2 Å². The Kier molecular flexibility index (Phi) is 16.7. The number of hydrogen-bond acceptors (Lipinski definition) is 8. The number of carbonyl (C=O) groups is 5. The molecule has 0 bridgehead atoms. The third-order valence-corrected chi connectivity index (χ3v) is 6.29. The molecule has 0 aliphatic carbocycles. The molecule has 0 aliphatic heterocycles. The molecule has 0 aromatic heterocycles. The molecule has 0 fully saturated rings. The van der Waals surface area contributed by atoms with Gasteiger partial charge >= 0.3 is 11.9 Å². The fourth-order valence-corrected chi connectivity index (χ4v) is 3.60. The quantitative estimate of drug-likeness (QED) is 0.0528. The summed E-state index contributed by atoms with van der Waals surface area (Å²) in [7, 11) is 0. The Morgan fingerprint density at radius 2 is 1.43 bits per heavy atom. The van der Waals surface area contributed by atoms with Gasteiger partial charge in [-0.25, -0.2) is 4.79 Å². The first-order chi connectivity index (χ1) is 17.3. The first kappa shape index (κ1) is 33.9. The van der Waals surface area contributed by atoms with Crippen LogP contribution in [0.2, 0.25) is 0 Å². The molecule has 212 valence electrons. The zero-order valence-electron chi connectivity index (χ0n) is 21.6. The molecule has 15 heteroatoms. The van der Waals surface area contributed by atoms with Crippen LogP contribution in [0.25, 0.3) is 0 Å². The van der Waals surface area contributed by atoms with Gasteiger partial charge < -0.3 is 43.4 Å². The molecular formula is C22H41N7O7S. The number of carbonyl (C=O) groups excluding carboxylic acids is 3. The van der Waals surface area contributed by atoms with Crippen molar-refractivity contribution in [2.45, 2.75) is 76.5 Å². The molecule has 0 rings (SSSR count). The maximum Gasteiger partial charge on any atom is 0.326 e. The molecule has 0 aromatic rings. The smallest absolute Gasteiger partial charge is 0.326 e. The van der Waals surface area contributed by atoms with E-state index in [4.69, 9.17) is 22.3 Å². The number of amides is 3. The first-order valence-electron chi connectivity index (χ1n) is 12.0. The largest absolute Gasteiger partial charge is 0.481 e. The summed E-state index contributed by atoms with van der Waals surface area (Å²) >= 11 is 1.41. The summed E-state index contributed by atoms with van der Waals surface area (Å²) in [4.78, 5) is 65.0. The van der Waals surface area contributed by atoms with Gasteiger partial charge in [0.15, 0.2) is 5.96 Å². The SMILES string of the molecule is CCC(C)C(N)C(=O)NC(CCC(=O)O)C(=O)NC(CCSC)C(=O)NC(CCCN=C(N)N)C(=O)O. The summed E-state index contributed by atoms with van der Waals surface area (Å²) < 4.78 is 0. The van der Waals surface area contributed by atoms with Crippen molar-refractivity contribution in [3.05, 3.63) is 0 Å². The van der Waals surface area contributed by atoms with Gasteiger partial charge in [0.2, 0.25) is 17.7 Å². The van der Waals surface area contributed by atoms with Crippen molar-refractivity contribution in [3.63, 3.8) is 0 Å². The van der Waals surface area contributed by atoms with Crippen LogP contribution in [0.3, 0.4) is 0 Å². The van der Waals surface area contributed by atoms with Crippen molar-refractivity contribution in [2.75, 3.05) is 18.6 Å². The Labute approximate surface area is 220 Å². The first-order valence-corrected chi connectivity index (χ1v) is 13.4. The normalized spacial score (nSPS) is 14.8. The Morgan fingerprint density at radius 3 is 1.92 bits per heavy atom. The molecule has 5 atom stereocenters. The van der Waals surface area contributed by atoms with Gasteiger partial charge in [-0.15, -0.1) is 0 Å². The maximum absolute atomic E-state index is 13.0. The lowest BCUT2D eigenvalue weighted by molar-refractivity contribution is -0.142. The predicted octanol–water partition coefficient (Wildman–Crippen LogP) is -1.43. The van der Waals surface area contributed by atoms with E-state index in [1.165, 1.54) is 11.8 Å². The average Bonchev–Trinajstić information content (AvgIpc) is 2.83. The van der Waals surface area contributed by atoms with Gasteiger partial charge in [0.1, 0.15) is 18.1 Å². The van der Waals surface area contributed by atoms with E-state index in [1.807, 2.05) is 6.92 Å². The number of rotatable bonds is 19. The third-order valence-electron chi connectivity index (χ3n) is 5.64. The van der Waals surface area contributed by atoms with Crippen molar-refractivity contribution in [2.24, 2.45) is 28.1 Å². The van der Waals surface area contributed by atoms with Gasteiger partial charge in [-0.05, 0) is 43.6 Å². The van der Waals surface area contributed by atoms with Gasteiger partial charge in [0, 0.05) is 13.0 Å². The van der Waals surface area contributed by atoms with Gasteiger partial charge in [-0.1, -0.05) is 20.3 Å². The minimum absolute atomic E-state index is 0.0475. The van der Waals surface area contributed by atoms with E-state index in [2.05, 4.69) is 20.9 Å². The van der Waals surface area contributed by atoms with E-state index < -0.39 is 60.2 Å². The van der Waals surface area contributed by atoms with Crippen LogP contribution in [0.15, 0.2) is 4.99 Å². The summed E-state index contributed by atoms with van der Waals surface area (Å²) in [5, 5.41) is 26.0. The molecule has 0 spiro atoms. The summed E-state index contributed by atoms with van der Waals surface area (Å²) in [6.07, 6.45) is 2.30. The zero-order valence-corrected chi connectivity index (χ0v) is 22.4. The van der Waals surface area contributed by atoms with Crippen LogP contribution in [-0.4, -0.2) is 88.6 Å². The number of carboxylic acids is 2. The highest BCUT2D eigenvalue weighted by Crippen LogP contribution is 2.09. The monoisotopic (exact) mass is 547 g/mol. The Hall–Kier alpha value is -3.07. The number of hydrogen-bond donors (Lipinski definition) is 8. The standard InChI is InChI=1S/C22H41N7O7S/c1-4-12(2)17(23)20(34)28-13(7-8-16(30)31)18(32)27-14(9-11-37-3)19(33)29-15(21(35)36)6-5-10-26-22(24)25/h12-15,17H,4-11,23H2,1-3H3,(H,27,32)(H,28,34)(H,29,33)(H,30,31)(H,35,36)(H4,24,25,26). The molecule has 3 amide bonds. The van der Waals surface area contributed by atoms with Crippen molar-refractivity contribution in [3.8, 4) is 0 Å². The van der Waals surface area contributed by atoms with Crippen LogP contribution in [0.1, 0.15) is 52.4 Å². The van der Waals surface area contributed by atoms with Crippen molar-refractivity contribution in [1.29, 1.82) is 0 Å². The van der Waals surface area contributed by atoms with Crippen molar-refractivity contribution in [1.82, 2.24) is 16.0 Å². The number of nitrogens with two attached hydrogens (primary N) is 3. The molecule has 0 radical (unpaired) electrons. The van der Waals surface area contributed by atoms with Crippen LogP contribution in [0.5, 0.6) is 0 Å². The zero-order chi connectivity index (χ0) is 28.5. The van der Waals surface area contributed by atoms with Crippen LogP contribution >= 0.6 is 11.8 Å². The molecule has 0 aliphatic rings. The van der Waals surface area contributed by atoms with Crippen LogP contribution in [-0.2, 0) is 24.0 Å². The minimum atomic E-state index is -1.27. The molecule has 0 aromatic carbocycles. The van der Waals surface area contributed by atoms with E-state index in [0.29, 0.717) is 12.2 Å². The molecular weight excluding hydrogens is 506 g/mol. The number of aliphatic carboxylic acids is 2. The van der Waals surface area contributed by atoms with E-state index in [0.717, 1.165) is 0 Å². The van der Waals surface area contributed by atoms with E-state index in [-0.39, 0.29) is 44.1 Å². The molecule has 0 saturated carbocycles. The topological polar surface area (TPSA) is 252 Å². The second-order valence-corrected chi connectivity index (χ2v) is 9.58. The number of nitrogens with zero attached hydrogens (tertiary/aromatic N) is 1. The van der Waals surface area contributed by atoms with Crippen LogP contribution in [0, 0.1) is 5.92 Å². The third kappa shape index (κ3) is 14.3.